The predicted octanol–water partition coefficient (Wildman–Crippen LogP) is 4.07. The summed E-state index contributed by atoms with van der Waals surface area (Å²) in [6, 6.07) is 10.0. The van der Waals surface area contributed by atoms with E-state index in [4.69, 9.17) is 27.9 Å². The van der Waals surface area contributed by atoms with Crippen LogP contribution in [0, 0.1) is 13.8 Å². The molecular formula is C19H18Cl2N4O4S2. The molecule has 0 atom stereocenters. The average Bonchev–Trinajstić information content (AvgIpc) is 3.17. The fraction of sp³-hybridized carbons (Fsp3) is 0.211. The summed E-state index contributed by atoms with van der Waals surface area (Å²) in [4.78, 5) is 12.3. The van der Waals surface area contributed by atoms with E-state index < -0.39 is 15.9 Å². The SMILES string of the molecule is Cc1ccc(OCCNS(=O)(=O)c2nnc(NC(=O)c3ccc(Cl)cc3Cl)s2)cc1C. The Balaban J connectivity index is 1.56. The highest BCUT2D eigenvalue weighted by Gasteiger charge is 2.21. The second-order valence-electron chi connectivity index (χ2n) is 6.44. The molecule has 31 heavy (non-hydrogen) atoms. The number of sulfonamides is 1. The predicted molar refractivity (Wildman–Crippen MR) is 121 cm³/mol. The van der Waals surface area contributed by atoms with Crippen molar-refractivity contribution < 1.29 is 17.9 Å². The Morgan fingerprint density at radius 3 is 2.58 bits per heavy atom. The largest absolute Gasteiger partial charge is 0.492 e. The number of ether oxygens (including phenoxy) is 1. The quantitative estimate of drug-likeness (QED) is 0.356. The van der Waals surface area contributed by atoms with Gasteiger partial charge in [-0.15, -0.1) is 10.2 Å². The summed E-state index contributed by atoms with van der Waals surface area (Å²) in [7, 11) is -3.90. The molecule has 0 aliphatic rings. The molecule has 0 saturated carbocycles. The van der Waals surface area contributed by atoms with Gasteiger partial charge in [0.15, 0.2) is 0 Å². The molecule has 0 aliphatic heterocycles. The van der Waals surface area contributed by atoms with Crippen LogP contribution < -0.4 is 14.8 Å². The van der Waals surface area contributed by atoms with E-state index in [-0.39, 0.29) is 33.2 Å². The van der Waals surface area contributed by atoms with Gasteiger partial charge in [-0.1, -0.05) is 40.6 Å². The number of hydrogen-bond donors (Lipinski definition) is 2. The minimum absolute atomic E-state index is 0.0165. The third kappa shape index (κ3) is 6.14. The Morgan fingerprint density at radius 1 is 1.10 bits per heavy atom. The van der Waals surface area contributed by atoms with Gasteiger partial charge in [-0.05, 0) is 55.3 Å². The third-order valence-corrected chi connectivity index (χ3v) is 7.39. The summed E-state index contributed by atoms with van der Waals surface area (Å²) in [5.74, 6) is 0.0978. The van der Waals surface area contributed by atoms with Gasteiger partial charge in [0.1, 0.15) is 12.4 Å². The van der Waals surface area contributed by atoms with Crippen LogP contribution in [0.3, 0.4) is 0 Å². The van der Waals surface area contributed by atoms with Gasteiger partial charge in [-0.3, -0.25) is 10.1 Å². The number of carbonyl (C=O) groups excluding carboxylic acids is 1. The monoisotopic (exact) mass is 500 g/mol. The average molecular weight is 501 g/mol. The summed E-state index contributed by atoms with van der Waals surface area (Å²) in [5, 5.41) is 10.4. The minimum atomic E-state index is -3.90. The lowest BCUT2D eigenvalue weighted by molar-refractivity contribution is 0.102. The van der Waals surface area contributed by atoms with E-state index in [1.54, 1.807) is 0 Å². The van der Waals surface area contributed by atoms with E-state index in [0.29, 0.717) is 22.1 Å². The highest BCUT2D eigenvalue weighted by atomic mass is 35.5. The molecular weight excluding hydrogens is 483 g/mol. The highest BCUT2D eigenvalue weighted by Crippen LogP contribution is 2.24. The summed E-state index contributed by atoms with van der Waals surface area (Å²) in [6.45, 7) is 4.14. The maximum absolute atomic E-state index is 12.4. The van der Waals surface area contributed by atoms with Crippen LogP contribution in [-0.2, 0) is 10.0 Å². The van der Waals surface area contributed by atoms with Crippen molar-refractivity contribution in [1.82, 2.24) is 14.9 Å². The molecule has 0 saturated heterocycles. The molecule has 1 amide bonds. The van der Waals surface area contributed by atoms with Crippen LogP contribution >= 0.6 is 34.5 Å². The lowest BCUT2D eigenvalue weighted by Crippen LogP contribution is -2.28. The van der Waals surface area contributed by atoms with Crippen LogP contribution in [0.1, 0.15) is 21.5 Å². The Hall–Kier alpha value is -2.24. The smallest absolute Gasteiger partial charge is 0.269 e. The Morgan fingerprint density at radius 2 is 1.87 bits per heavy atom. The number of amides is 1. The molecule has 1 heterocycles. The molecule has 1 aromatic heterocycles. The fourth-order valence-corrected chi connectivity index (χ4v) is 4.86. The number of carbonyl (C=O) groups is 1. The fourth-order valence-electron chi connectivity index (χ4n) is 2.42. The molecule has 0 radical (unpaired) electrons. The third-order valence-electron chi connectivity index (χ3n) is 4.17. The first-order valence-corrected chi connectivity index (χ1v) is 12.0. The van der Waals surface area contributed by atoms with Crippen molar-refractivity contribution in [3.63, 3.8) is 0 Å². The van der Waals surface area contributed by atoms with Crippen molar-refractivity contribution in [2.45, 2.75) is 18.2 Å². The molecule has 0 unspecified atom stereocenters. The maximum Gasteiger partial charge on any atom is 0.269 e. The lowest BCUT2D eigenvalue weighted by Gasteiger charge is -2.08. The Kier molecular flexibility index (Phi) is 7.50. The number of benzene rings is 2. The van der Waals surface area contributed by atoms with Gasteiger partial charge >= 0.3 is 0 Å². The summed E-state index contributed by atoms with van der Waals surface area (Å²) in [5.41, 5.74) is 2.40. The first kappa shape index (κ1) is 23.4. The second-order valence-corrected chi connectivity index (χ2v) is 10.2. The standard InChI is InChI=1S/C19H18Cl2N4O4S2/c1-11-3-5-14(9-12(11)2)29-8-7-22-31(27,28)19-25-24-18(30-19)23-17(26)15-6-4-13(20)10-16(15)21/h3-6,9-10,22H,7-8H2,1-2H3,(H,23,24,26). The first-order valence-electron chi connectivity index (χ1n) is 8.95. The highest BCUT2D eigenvalue weighted by molar-refractivity contribution is 7.91. The van der Waals surface area contributed by atoms with Crippen molar-refractivity contribution in [3.05, 3.63) is 63.1 Å². The van der Waals surface area contributed by atoms with E-state index in [9.17, 15) is 13.2 Å². The number of halogens is 2. The van der Waals surface area contributed by atoms with Crippen molar-refractivity contribution >= 4 is 55.6 Å². The molecule has 8 nitrogen and oxygen atoms in total. The van der Waals surface area contributed by atoms with Crippen LogP contribution in [0.4, 0.5) is 5.13 Å². The zero-order chi connectivity index (χ0) is 22.6. The van der Waals surface area contributed by atoms with Crippen molar-refractivity contribution in [2.24, 2.45) is 0 Å². The number of nitrogens with zero attached hydrogens (tertiary/aromatic N) is 2. The van der Waals surface area contributed by atoms with Crippen LogP contribution in [0.25, 0.3) is 0 Å². The van der Waals surface area contributed by atoms with Crippen molar-refractivity contribution in [3.8, 4) is 5.75 Å². The molecule has 164 valence electrons. The lowest BCUT2D eigenvalue weighted by atomic mass is 10.1. The molecule has 0 spiro atoms. The number of aromatic nitrogens is 2. The van der Waals surface area contributed by atoms with E-state index in [1.165, 1.54) is 18.2 Å². The molecule has 2 N–H and O–H groups in total. The second kappa shape index (κ2) is 9.92. The van der Waals surface area contributed by atoms with E-state index in [2.05, 4.69) is 20.2 Å². The van der Waals surface area contributed by atoms with Gasteiger partial charge in [0.05, 0.1) is 10.6 Å². The van der Waals surface area contributed by atoms with Gasteiger partial charge < -0.3 is 4.74 Å². The first-order chi connectivity index (χ1) is 14.7. The molecule has 0 fully saturated rings. The molecule has 2 aromatic carbocycles. The Bertz CT molecular complexity index is 1220. The molecule has 0 aliphatic carbocycles. The van der Waals surface area contributed by atoms with Gasteiger partial charge in [0.25, 0.3) is 15.9 Å². The van der Waals surface area contributed by atoms with E-state index >= 15 is 0 Å². The molecule has 12 heteroatoms. The molecule has 3 aromatic rings. The van der Waals surface area contributed by atoms with Gasteiger partial charge in [0.2, 0.25) is 9.47 Å². The van der Waals surface area contributed by atoms with E-state index in [1.807, 2.05) is 32.0 Å². The summed E-state index contributed by atoms with van der Waals surface area (Å²) < 4.78 is 32.5. The van der Waals surface area contributed by atoms with Crippen LogP contribution in [0.2, 0.25) is 10.0 Å². The number of nitrogens with one attached hydrogen (secondary N) is 2. The van der Waals surface area contributed by atoms with Crippen LogP contribution in [0.5, 0.6) is 5.75 Å². The normalized spacial score (nSPS) is 11.4. The van der Waals surface area contributed by atoms with Gasteiger partial charge in [0, 0.05) is 11.6 Å². The number of hydrogen-bond acceptors (Lipinski definition) is 7. The van der Waals surface area contributed by atoms with Gasteiger partial charge in [-0.25, -0.2) is 13.1 Å². The van der Waals surface area contributed by atoms with Gasteiger partial charge in [-0.2, -0.15) is 0 Å². The number of rotatable bonds is 8. The van der Waals surface area contributed by atoms with Crippen LogP contribution in [0.15, 0.2) is 40.7 Å². The summed E-state index contributed by atoms with van der Waals surface area (Å²) in [6.07, 6.45) is 0. The topological polar surface area (TPSA) is 110 Å². The van der Waals surface area contributed by atoms with E-state index in [0.717, 1.165) is 11.1 Å². The number of anilines is 1. The molecule has 3 rings (SSSR count). The van der Waals surface area contributed by atoms with Crippen molar-refractivity contribution in [1.29, 1.82) is 0 Å². The summed E-state index contributed by atoms with van der Waals surface area (Å²) >= 11 is 12.5. The number of aryl methyl sites for hydroxylation is 2. The van der Waals surface area contributed by atoms with Crippen molar-refractivity contribution in [2.75, 3.05) is 18.5 Å². The maximum atomic E-state index is 12.4. The zero-order valence-corrected chi connectivity index (χ0v) is 19.6. The minimum Gasteiger partial charge on any atom is -0.492 e. The Labute approximate surface area is 193 Å². The van der Waals surface area contributed by atoms with Crippen LogP contribution in [-0.4, -0.2) is 37.7 Å². The molecule has 0 bridgehead atoms. The zero-order valence-electron chi connectivity index (χ0n) is 16.5.